The number of nitrogens with zero attached hydrogens (tertiary/aromatic N) is 3. The molecule has 1 aromatic carbocycles. The van der Waals surface area contributed by atoms with Crippen molar-refractivity contribution in [1.29, 1.82) is 5.26 Å². The molecule has 0 aliphatic carbocycles. The minimum absolute atomic E-state index is 0.0130. The van der Waals surface area contributed by atoms with E-state index in [1.54, 1.807) is 18.2 Å². The monoisotopic (exact) mass is 361 g/mol. The molecular weight excluding hydrogens is 346 g/mol. The average molecular weight is 361 g/mol. The van der Waals surface area contributed by atoms with Gasteiger partial charge in [-0.05, 0) is 35.5 Å². The van der Waals surface area contributed by atoms with Crippen molar-refractivity contribution >= 4 is 23.8 Å². The fraction of sp³-hybridized carbons (Fsp3) is 0.250. The van der Waals surface area contributed by atoms with Gasteiger partial charge in [-0.2, -0.15) is 5.26 Å². The van der Waals surface area contributed by atoms with Crippen LogP contribution in [0, 0.1) is 11.3 Å². The fourth-order valence-corrected chi connectivity index (χ4v) is 2.50. The van der Waals surface area contributed by atoms with Crippen molar-refractivity contribution in [2.75, 3.05) is 13.7 Å². The molecule has 9 heteroatoms. The second-order valence-electron chi connectivity index (χ2n) is 4.59. The van der Waals surface area contributed by atoms with Crippen molar-refractivity contribution in [2.24, 2.45) is 0 Å². The molecule has 0 bridgehead atoms. The molecule has 0 saturated heterocycles. The van der Waals surface area contributed by atoms with Gasteiger partial charge in [-0.1, -0.05) is 13.0 Å². The van der Waals surface area contributed by atoms with Crippen molar-refractivity contribution in [3.63, 3.8) is 0 Å². The lowest BCUT2D eigenvalue weighted by Gasteiger charge is -2.09. The summed E-state index contributed by atoms with van der Waals surface area (Å²) in [5.74, 6) is 0.109. The highest BCUT2D eigenvalue weighted by molar-refractivity contribution is 8.03. The predicted octanol–water partition coefficient (Wildman–Crippen LogP) is 2.76. The van der Waals surface area contributed by atoms with E-state index >= 15 is 0 Å². The van der Waals surface area contributed by atoms with Crippen LogP contribution >= 0.6 is 11.8 Å². The Bertz CT molecular complexity index is 825. The lowest BCUT2D eigenvalue weighted by atomic mass is 10.2. The molecule has 0 spiro atoms. The third kappa shape index (κ3) is 4.99. The van der Waals surface area contributed by atoms with Gasteiger partial charge in [0.2, 0.25) is 5.89 Å². The number of nitriles is 1. The van der Waals surface area contributed by atoms with Gasteiger partial charge in [-0.15, -0.1) is 10.2 Å². The largest absolute Gasteiger partial charge is 0.493 e. The summed E-state index contributed by atoms with van der Waals surface area (Å²) < 4.78 is 15.8. The highest BCUT2D eigenvalue weighted by Crippen LogP contribution is 2.32. The predicted molar refractivity (Wildman–Crippen MR) is 89.2 cm³/mol. The number of aryl methyl sites for hydroxylation is 1. The molecule has 2 aromatic rings. The van der Waals surface area contributed by atoms with Crippen LogP contribution in [-0.2, 0) is 11.2 Å². The highest BCUT2D eigenvalue weighted by atomic mass is 32.2. The lowest BCUT2D eigenvalue weighted by Crippen LogP contribution is -1.98. The Hall–Kier alpha value is -2.99. The number of hydrogen-bond acceptors (Lipinski definition) is 8. The maximum Gasteiger partial charge on any atom is 0.342 e. The molecule has 25 heavy (non-hydrogen) atoms. The average Bonchev–Trinajstić information content (AvgIpc) is 3.07. The molecule has 0 unspecified atom stereocenters. The SMILES string of the molecule is CCc1nnc(S/C(=C\c2ccc(OCC#N)c(OC)c2)C(=O)O)o1. The molecule has 8 nitrogen and oxygen atoms in total. The Morgan fingerprint density at radius 3 is 2.84 bits per heavy atom. The molecule has 0 saturated carbocycles. The number of benzene rings is 1. The quantitative estimate of drug-likeness (QED) is 0.559. The second-order valence-corrected chi connectivity index (χ2v) is 5.58. The van der Waals surface area contributed by atoms with Crippen LogP contribution in [0.25, 0.3) is 6.08 Å². The number of methoxy groups -OCH3 is 1. The smallest absolute Gasteiger partial charge is 0.342 e. The van der Waals surface area contributed by atoms with Crippen molar-refractivity contribution in [3.8, 4) is 17.6 Å². The molecule has 0 atom stereocenters. The van der Waals surface area contributed by atoms with Crippen LogP contribution in [0.1, 0.15) is 18.4 Å². The van der Waals surface area contributed by atoms with Crippen molar-refractivity contribution in [2.45, 2.75) is 18.6 Å². The summed E-state index contributed by atoms with van der Waals surface area (Å²) in [6, 6.07) is 6.74. The van der Waals surface area contributed by atoms with Gasteiger partial charge in [0.25, 0.3) is 5.22 Å². The number of aliphatic carboxylic acids is 1. The zero-order valence-corrected chi connectivity index (χ0v) is 14.4. The summed E-state index contributed by atoms with van der Waals surface area (Å²) in [7, 11) is 1.46. The van der Waals surface area contributed by atoms with E-state index in [-0.39, 0.29) is 16.7 Å². The summed E-state index contributed by atoms with van der Waals surface area (Å²) in [6.45, 7) is 1.75. The molecule has 2 rings (SSSR count). The molecule has 130 valence electrons. The number of hydrogen-bond donors (Lipinski definition) is 1. The van der Waals surface area contributed by atoms with Crippen molar-refractivity contribution < 1.29 is 23.8 Å². The normalized spacial score (nSPS) is 11.0. The van der Waals surface area contributed by atoms with E-state index < -0.39 is 5.97 Å². The Morgan fingerprint density at radius 2 is 2.24 bits per heavy atom. The van der Waals surface area contributed by atoms with Crippen LogP contribution in [0.3, 0.4) is 0 Å². The molecule has 0 amide bonds. The maximum absolute atomic E-state index is 11.5. The Kier molecular flexibility index (Phi) is 6.42. The molecule has 0 aliphatic rings. The van der Waals surface area contributed by atoms with Gasteiger partial charge in [0, 0.05) is 6.42 Å². The van der Waals surface area contributed by atoms with Gasteiger partial charge >= 0.3 is 5.97 Å². The number of aromatic nitrogens is 2. The number of carbonyl (C=O) groups is 1. The van der Waals surface area contributed by atoms with Gasteiger partial charge < -0.3 is 19.0 Å². The van der Waals surface area contributed by atoms with Crippen LogP contribution in [-0.4, -0.2) is 35.0 Å². The van der Waals surface area contributed by atoms with E-state index in [0.29, 0.717) is 29.4 Å². The van der Waals surface area contributed by atoms with Gasteiger partial charge in [-0.25, -0.2) is 4.79 Å². The van der Waals surface area contributed by atoms with Crippen LogP contribution in [0.15, 0.2) is 32.7 Å². The van der Waals surface area contributed by atoms with Crippen LogP contribution in [0.2, 0.25) is 0 Å². The summed E-state index contributed by atoms with van der Waals surface area (Å²) in [6.07, 6.45) is 2.03. The van der Waals surface area contributed by atoms with E-state index in [1.165, 1.54) is 13.2 Å². The van der Waals surface area contributed by atoms with E-state index in [4.69, 9.17) is 19.2 Å². The first-order valence-electron chi connectivity index (χ1n) is 7.20. The first-order valence-corrected chi connectivity index (χ1v) is 8.02. The van der Waals surface area contributed by atoms with E-state index in [9.17, 15) is 9.90 Å². The number of rotatable bonds is 8. The molecule has 1 aromatic heterocycles. The number of thioether (sulfide) groups is 1. The minimum atomic E-state index is -1.12. The Morgan fingerprint density at radius 1 is 1.44 bits per heavy atom. The number of ether oxygens (including phenoxy) is 2. The van der Waals surface area contributed by atoms with Crippen LogP contribution in [0.4, 0.5) is 0 Å². The zero-order valence-electron chi connectivity index (χ0n) is 13.6. The van der Waals surface area contributed by atoms with Crippen LogP contribution in [0.5, 0.6) is 11.5 Å². The number of carboxylic acids is 1. The Balaban J connectivity index is 2.27. The first-order chi connectivity index (χ1) is 12.1. The molecule has 0 fully saturated rings. The third-order valence-electron chi connectivity index (χ3n) is 2.94. The van der Waals surface area contributed by atoms with Gasteiger partial charge in [0.15, 0.2) is 18.1 Å². The van der Waals surface area contributed by atoms with Crippen molar-refractivity contribution in [3.05, 3.63) is 34.6 Å². The second kappa shape index (κ2) is 8.75. The summed E-state index contributed by atoms with van der Waals surface area (Å²) >= 11 is 0.866. The molecular formula is C16H15N3O5S. The van der Waals surface area contributed by atoms with Crippen molar-refractivity contribution in [1.82, 2.24) is 10.2 Å². The van der Waals surface area contributed by atoms with Crippen LogP contribution < -0.4 is 9.47 Å². The minimum Gasteiger partial charge on any atom is -0.493 e. The zero-order chi connectivity index (χ0) is 18.2. The topological polar surface area (TPSA) is 118 Å². The highest BCUT2D eigenvalue weighted by Gasteiger charge is 2.15. The van der Waals surface area contributed by atoms with Gasteiger partial charge in [-0.3, -0.25) is 0 Å². The van der Waals surface area contributed by atoms with Gasteiger partial charge in [0.05, 0.1) is 7.11 Å². The number of carboxylic acid groups (broad SMARTS) is 1. The lowest BCUT2D eigenvalue weighted by molar-refractivity contribution is -0.131. The van der Waals surface area contributed by atoms with Gasteiger partial charge in [0.1, 0.15) is 11.0 Å². The first kappa shape index (κ1) is 18.4. The van der Waals surface area contributed by atoms with E-state index in [1.807, 2.05) is 13.0 Å². The Labute approximate surface area is 148 Å². The molecule has 0 aliphatic heterocycles. The molecule has 1 N–H and O–H groups in total. The summed E-state index contributed by atoms with van der Waals surface area (Å²) in [5, 5.41) is 25.7. The summed E-state index contributed by atoms with van der Waals surface area (Å²) in [4.78, 5) is 11.5. The maximum atomic E-state index is 11.5. The standard InChI is InChI=1S/C16H15N3O5S/c1-3-14-18-19-16(24-14)25-13(15(20)21)9-10-4-5-11(23-7-6-17)12(8-10)22-2/h4-5,8-9H,3,7H2,1-2H3,(H,20,21)/b13-9-. The third-order valence-corrected chi connectivity index (χ3v) is 3.79. The molecule has 0 radical (unpaired) electrons. The van der Waals surface area contributed by atoms with E-state index in [0.717, 1.165) is 11.8 Å². The fourth-order valence-electron chi connectivity index (χ4n) is 1.81. The molecule has 1 heterocycles. The summed E-state index contributed by atoms with van der Waals surface area (Å²) in [5.41, 5.74) is 0.585. The van der Waals surface area contributed by atoms with E-state index in [2.05, 4.69) is 10.2 Å².